The fraction of sp³-hybridized carbons (Fsp3) is 0.125. The Labute approximate surface area is 190 Å². The third-order valence-electron chi connectivity index (χ3n) is 4.73. The van der Waals surface area contributed by atoms with Crippen LogP contribution < -0.4 is 4.74 Å². The fourth-order valence-electron chi connectivity index (χ4n) is 3.13. The molecule has 0 unspecified atom stereocenters. The summed E-state index contributed by atoms with van der Waals surface area (Å²) >= 11 is 7.29. The number of aromatic nitrogens is 3. The molecule has 0 radical (unpaired) electrons. The fourth-order valence-corrected chi connectivity index (χ4v) is 4.12. The predicted octanol–water partition coefficient (Wildman–Crippen LogP) is 5.50. The third-order valence-corrected chi connectivity index (χ3v) is 5.92. The van der Waals surface area contributed by atoms with Crippen molar-refractivity contribution < 1.29 is 9.53 Å². The number of benzene rings is 3. The summed E-state index contributed by atoms with van der Waals surface area (Å²) in [5.41, 5.74) is 2.67. The van der Waals surface area contributed by atoms with Crippen molar-refractivity contribution in [1.82, 2.24) is 14.8 Å². The summed E-state index contributed by atoms with van der Waals surface area (Å²) < 4.78 is 7.27. The Bertz CT molecular complexity index is 1160. The van der Waals surface area contributed by atoms with E-state index in [-0.39, 0.29) is 11.5 Å². The van der Waals surface area contributed by atoms with Gasteiger partial charge in [0.05, 0.1) is 12.9 Å². The van der Waals surface area contributed by atoms with Gasteiger partial charge >= 0.3 is 0 Å². The molecule has 156 valence electrons. The smallest absolute Gasteiger partial charge is 0.196 e. The van der Waals surface area contributed by atoms with Crippen LogP contribution >= 0.6 is 23.4 Å². The lowest BCUT2D eigenvalue weighted by molar-refractivity contribution is 0.102. The van der Waals surface area contributed by atoms with Crippen LogP contribution in [0.15, 0.2) is 84.0 Å². The van der Waals surface area contributed by atoms with E-state index in [1.807, 2.05) is 47.0 Å². The molecule has 5 nitrogen and oxygen atoms in total. The number of hydrogen-bond donors (Lipinski definition) is 0. The minimum atomic E-state index is 0.00977. The molecule has 31 heavy (non-hydrogen) atoms. The molecule has 0 N–H and O–H groups in total. The van der Waals surface area contributed by atoms with Gasteiger partial charge in [0.15, 0.2) is 10.9 Å². The molecule has 3 aromatic carbocycles. The highest BCUT2D eigenvalue weighted by molar-refractivity contribution is 7.99. The summed E-state index contributed by atoms with van der Waals surface area (Å²) in [5.74, 6) is 1.84. The quantitative estimate of drug-likeness (QED) is 0.263. The largest absolute Gasteiger partial charge is 0.497 e. The van der Waals surface area contributed by atoms with Gasteiger partial charge in [-0.25, -0.2) is 0 Å². The summed E-state index contributed by atoms with van der Waals surface area (Å²) in [6, 6.07) is 24.7. The van der Waals surface area contributed by atoms with Gasteiger partial charge < -0.3 is 4.74 Å². The molecule has 0 aliphatic heterocycles. The number of methoxy groups -OCH3 is 1. The zero-order valence-corrected chi connectivity index (χ0v) is 18.4. The van der Waals surface area contributed by atoms with Crippen molar-refractivity contribution >= 4 is 29.1 Å². The number of thioether (sulfide) groups is 1. The zero-order chi connectivity index (χ0) is 21.6. The molecule has 0 saturated heterocycles. The number of Topliss-reactive ketones (excluding diaryl/α,β-unsaturated/α-hetero) is 1. The maximum Gasteiger partial charge on any atom is 0.196 e. The monoisotopic (exact) mass is 449 g/mol. The van der Waals surface area contributed by atoms with Gasteiger partial charge in [-0.1, -0.05) is 53.7 Å². The van der Waals surface area contributed by atoms with E-state index in [1.165, 1.54) is 11.8 Å². The molecule has 0 aliphatic carbocycles. The molecule has 1 heterocycles. The average Bonchev–Trinajstić information content (AvgIpc) is 3.21. The van der Waals surface area contributed by atoms with Crippen LogP contribution in [0.2, 0.25) is 5.02 Å². The summed E-state index contributed by atoms with van der Waals surface area (Å²) in [6.07, 6.45) is 0.631. The highest BCUT2D eigenvalue weighted by atomic mass is 35.5. The lowest BCUT2D eigenvalue weighted by Crippen LogP contribution is -2.06. The van der Waals surface area contributed by atoms with Crippen LogP contribution in [0.1, 0.15) is 21.7 Å². The van der Waals surface area contributed by atoms with Crippen molar-refractivity contribution in [2.24, 2.45) is 0 Å². The van der Waals surface area contributed by atoms with Crippen molar-refractivity contribution in [2.75, 3.05) is 12.9 Å². The van der Waals surface area contributed by atoms with Crippen LogP contribution in [-0.4, -0.2) is 33.4 Å². The first-order valence-electron chi connectivity index (χ1n) is 9.68. The van der Waals surface area contributed by atoms with E-state index in [9.17, 15) is 4.79 Å². The standard InChI is InChI=1S/C24H20ClN3O2S/c1-30-21-13-11-20(12-14-21)28-23(15-17-5-3-2-4-6-17)26-27-24(28)31-16-22(29)18-7-9-19(25)10-8-18/h2-14H,15-16H2,1H3. The van der Waals surface area contributed by atoms with Gasteiger partial charge in [0.2, 0.25) is 0 Å². The van der Waals surface area contributed by atoms with Crippen LogP contribution in [0.3, 0.4) is 0 Å². The second-order valence-corrected chi connectivity index (χ2v) is 8.19. The van der Waals surface area contributed by atoms with Crippen molar-refractivity contribution in [1.29, 1.82) is 0 Å². The molecule has 0 atom stereocenters. The molecule has 0 amide bonds. The van der Waals surface area contributed by atoms with Crippen LogP contribution in [0.25, 0.3) is 5.69 Å². The Hall–Kier alpha value is -3.09. The average molecular weight is 450 g/mol. The van der Waals surface area contributed by atoms with Crippen LogP contribution in [0.5, 0.6) is 5.75 Å². The van der Waals surface area contributed by atoms with Crippen LogP contribution in [-0.2, 0) is 6.42 Å². The first kappa shape index (κ1) is 21.2. The number of rotatable bonds is 8. The second-order valence-electron chi connectivity index (χ2n) is 6.81. The molecule has 1 aromatic heterocycles. The Balaban J connectivity index is 1.61. The minimum Gasteiger partial charge on any atom is -0.497 e. The van der Waals surface area contributed by atoms with Crippen molar-refractivity contribution in [3.05, 3.63) is 101 Å². The summed E-state index contributed by atoms with van der Waals surface area (Å²) in [4.78, 5) is 12.6. The highest BCUT2D eigenvalue weighted by Gasteiger charge is 2.17. The number of carbonyl (C=O) groups excluding carboxylic acids is 1. The van der Waals surface area contributed by atoms with Crippen molar-refractivity contribution in [2.45, 2.75) is 11.6 Å². The number of hydrogen-bond acceptors (Lipinski definition) is 5. The van der Waals surface area contributed by atoms with E-state index in [2.05, 4.69) is 22.3 Å². The SMILES string of the molecule is COc1ccc(-n2c(Cc3ccccc3)nnc2SCC(=O)c2ccc(Cl)cc2)cc1. The van der Waals surface area contributed by atoms with Gasteiger partial charge in [-0.15, -0.1) is 10.2 Å². The number of ether oxygens (including phenoxy) is 1. The Morgan fingerprint density at radius 3 is 2.35 bits per heavy atom. The van der Waals surface area contributed by atoms with E-state index < -0.39 is 0 Å². The van der Waals surface area contributed by atoms with Crippen molar-refractivity contribution in [3.8, 4) is 11.4 Å². The molecule has 4 aromatic rings. The molecular formula is C24H20ClN3O2S. The number of ketones is 1. The van der Waals surface area contributed by atoms with Gasteiger partial charge in [0.1, 0.15) is 11.6 Å². The van der Waals surface area contributed by atoms with Gasteiger partial charge in [0, 0.05) is 22.7 Å². The van der Waals surface area contributed by atoms with Gasteiger partial charge in [-0.3, -0.25) is 9.36 Å². The molecule has 0 spiro atoms. The number of halogens is 1. The number of carbonyl (C=O) groups is 1. The van der Waals surface area contributed by atoms with E-state index in [0.29, 0.717) is 22.2 Å². The van der Waals surface area contributed by atoms with Gasteiger partial charge in [-0.05, 0) is 54.1 Å². The number of nitrogens with zero attached hydrogens (tertiary/aromatic N) is 3. The molecule has 0 aliphatic rings. The maximum absolute atomic E-state index is 12.6. The van der Waals surface area contributed by atoms with E-state index >= 15 is 0 Å². The normalized spacial score (nSPS) is 10.8. The molecule has 0 fully saturated rings. The Kier molecular flexibility index (Phi) is 6.70. The Morgan fingerprint density at radius 1 is 0.968 bits per heavy atom. The molecular weight excluding hydrogens is 430 g/mol. The lowest BCUT2D eigenvalue weighted by atomic mass is 10.1. The summed E-state index contributed by atoms with van der Waals surface area (Å²) in [5, 5.41) is 10.1. The first-order chi connectivity index (χ1) is 15.1. The summed E-state index contributed by atoms with van der Waals surface area (Å²) in [7, 11) is 1.64. The highest BCUT2D eigenvalue weighted by Crippen LogP contribution is 2.26. The minimum absolute atomic E-state index is 0.00977. The lowest BCUT2D eigenvalue weighted by Gasteiger charge is -2.11. The molecule has 0 bridgehead atoms. The zero-order valence-electron chi connectivity index (χ0n) is 16.9. The maximum atomic E-state index is 12.6. The van der Waals surface area contributed by atoms with Crippen molar-refractivity contribution in [3.63, 3.8) is 0 Å². The summed E-state index contributed by atoms with van der Waals surface area (Å²) in [6.45, 7) is 0. The second kappa shape index (κ2) is 9.81. The molecule has 0 saturated carbocycles. The van der Waals surface area contributed by atoms with E-state index in [0.717, 1.165) is 22.8 Å². The topological polar surface area (TPSA) is 57.0 Å². The molecule has 7 heteroatoms. The van der Waals surface area contributed by atoms with Gasteiger partial charge in [-0.2, -0.15) is 0 Å². The Morgan fingerprint density at radius 2 is 1.68 bits per heavy atom. The van der Waals surface area contributed by atoms with Crippen LogP contribution in [0, 0.1) is 0 Å². The van der Waals surface area contributed by atoms with Gasteiger partial charge in [0.25, 0.3) is 0 Å². The van der Waals surface area contributed by atoms with Crippen LogP contribution in [0.4, 0.5) is 0 Å². The third kappa shape index (κ3) is 5.16. The predicted molar refractivity (Wildman–Crippen MR) is 124 cm³/mol. The first-order valence-corrected chi connectivity index (χ1v) is 11.0. The van der Waals surface area contributed by atoms with E-state index in [1.54, 1.807) is 31.4 Å². The molecule has 4 rings (SSSR count). The van der Waals surface area contributed by atoms with E-state index in [4.69, 9.17) is 16.3 Å².